The number of Topliss-reactive ketones (excluding diaryl/α,β-unsaturated/α-hetero) is 1. The number of rotatable bonds is 5. The van der Waals surface area contributed by atoms with Crippen LogP contribution in [0.2, 0.25) is 0 Å². The topological polar surface area (TPSA) is 17.1 Å². The van der Waals surface area contributed by atoms with Gasteiger partial charge in [-0.2, -0.15) is 0 Å². The van der Waals surface area contributed by atoms with Crippen LogP contribution in [-0.2, 0) is 4.79 Å². The van der Waals surface area contributed by atoms with Crippen molar-refractivity contribution < 1.29 is 9.18 Å². The van der Waals surface area contributed by atoms with Crippen molar-refractivity contribution in [2.75, 3.05) is 0 Å². The molecule has 1 aromatic rings. The lowest BCUT2D eigenvalue weighted by Gasteiger charge is -2.28. The average molecular weight is 262 g/mol. The largest absolute Gasteiger partial charge is 0.299 e. The minimum absolute atomic E-state index is 0.174. The van der Waals surface area contributed by atoms with E-state index in [9.17, 15) is 9.18 Å². The molecule has 0 bridgehead atoms. The molecule has 0 aromatic heterocycles. The molecule has 2 rings (SSSR count). The van der Waals surface area contributed by atoms with Crippen molar-refractivity contribution in [1.29, 1.82) is 0 Å². The minimum Gasteiger partial charge on any atom is -0.299 e. The van der Waals surface area contributed by atoms with E-state index in [0.29, 0.717) is 11.7 Å². The highest BCUT2D eigenvalue weighted by Crippen LogP contribution is 2.36. The van der Waals surface area contributed by atoms with Crippen LogP contribution < -0.4 is 0 Å². The van der Waals surface area contributed by atoms with Crippen molar-refractivity contribution in [3.63, 3.8) is 0 Å². The number of hydrogen-bond donors (Lipinski definition) is 0. The second kappa shape index (κ2) is 6.83. The van der Waals surface area contributed by atoms with Gasteiger partial charge in [0, 0.05) is 12.3 Å². The lowest BCUT2D eigenvalue weighted by Crippen LogP contribution is -2.21. The highest BCUT2D eigenvalue weighted by atomic mass is 19.1. The maximum Gasteiger partial charge on any atom is 0.135 e. The van der Waals surface area contributed by atoms with Gasteiger partial charge in [0.15, 0.2) is 0 Å². The van der Waals surface area contributed by atoms with Gasteiger partial charge in [0.1, 0.15) is 11.6 Å². The molecule has 1 aromatic carbocycles. The predicted molar refractivity (Wildman–Crippen MR) is 75.6 cm³/mol. The maximum atomic E-state index is 12.9. The van der Waals surface area contributed by atoms with Gasteiger partial charge in [0.2, 0.25) is 0 Å². The summed E-state index contributed by atoms with van der Waals surface area (Å²) in [4.78, 5) is 12.0. The molecular weight excluding hydrogens is 239 g/mol. The van der Waals surface area contributed by atoms with Crippen molar-refractivity contribution in [2.24, 2.45) is 5.92 Å². The predicted octanol–water partition coefficient (Wildman–Crippen LogP) is 4.86. The van der Waals surface area contributed by atoms with Crippen molar-refractivity contribution in [3.8, 4) is 0 Å². The van der Waals surface area contributed by atoms with Crippen LogP contribution in [0.3, 0.4) is 0 Å². The van der Waals surface area contributed by atoms with Gasteiger partial charge < -0.3 is 0 Å². The van der Waals surface area contributed by atoms with Crippen molar-refractivity contribution in [3.05, 3.63) is 35.6 Å². The Bertz CT molecular complexity index is 402. The quantitative estimate of drug-likeness (QED) is 0.740. The summed E-state index contributed by atoms with van der Waals surface area (Å²) in [5.41, 5.74) is 1.22. The van der Waals surface area contributed by atoms with Gasteiger partial charge in [-0.25, -0.2) is 4.39 Å². The van der Waals surface area contributed by atoms with Crippen molar-refractivity contribution >= 4 is 5.78 Å². The molecule has 0 unspecified atom stereocenters. The molecular formula is C17H23FO. The first kappa shape index (κ1) is 14.2. The number of carbonyl (C=O) groups is 1. The fraction of sp³-hybridized carbons (Fsp3) is 0.588. The van der Waals surface area contributed by atoms with Crippen molar-refractivity contribution in [2.45, 2.75) is 57.8 Å². The van der Waals surface area contributed by atoms with E-state index >= 15 is 0 Å². The third-order valence-corrected chi connectivity index (χ3v) is 4.30. The fourth-order valence-electron chi connectivity index (χ4n) is 3.04. The Balaban J connectivity index is 1.85. The van der Waals surface area contributed by atoms with Crippen LogP contribution in [0.5, 0.6) is 0 Å². The molecule has 1 aliphatic carbocycles. The van der Waals surface area contributed by atoms with Crippen LogP contribution in [-0.4, -0.2) is 5.78 Å². The SMILES string of the molecule is CCCCC(=O)[C@H]1CC[C@H](c2ccc(F)cc2)CC1. The van der Waals surface area contributed by atoms with E-state index in [4.69, 9.17) is 0 Å². The van der Waals surface area contributed by atoms with E-state index in [1.807, 2.05) is 12.1 Å². The van der Waals surface area contributed by atoms with E-state index in [-0.39, 0.29) is 11.7 Å². The molecule has 0 atom stereocenters. The zero-order chi connectivity index (χ0) is 13.7. The van der Waals surface area contributed by atoms with Gasteiger partial charge in [-0.05, 0) is 55.7 Å². The Hall–Kier alpha value is -1.18. The lowest BCUT2D eigenvalue weighted by molar-refractivity contribution is -0.124. The lowest BCUT2D eigenvalue weighted by atomic mass is 9.76. The number of hydrogen-bond acceptors (Lipinski definition) is 1. The Morgan fingerprint density at radius 3 is 2.37 bits per heavy atom. The van der Waals surface area contributed by atoms with Gasteiger partial charge in [-0.15, -0.1) is 0 Å². The molecule has 0 saturated heterocycles. The van der Waals surface area contributed by atoms with Gasteiger partial charge >= 0.3 is 0 Å². The third-order valence-electron chi connectivity index (χ3n) is 4.30. The second-order valence-electron chi connectivity index (χ2n) is 5.67. The van der Waals surface area contributed by atoms with Gasteiger partial charge in [-0.3, -0.25) is 4.79 Å². The molecule has 19 heavy (non-hydrogen) atoms. The van der Waals surface area contributed by atoms with Gasteiger partial charge in [0.05, 0.1) is 0 Å². The summed E-state index contributed by atoms with van der Waals surface area (Å²) in [6, 6.07) is 6.85. The van der Waals surface area contributed by atoms with E-state index in [2.05, 4.69) is 6.92 Å². The molecule has 0 heterocycles. The number of ketones is 1. The van der Waals surface area contributed by atoms with Crippen LogP contribution >= 0.6 is 0 Å². The molecule has 1 fully saturated rings. The highest BCUT2D eigenvalue weighted by Gasteiger charge is 2.26. The minimum atomic E-state index is -0.174. The summed E-state index contributed by atoms with van der Waals surface area (Å²) in [5.74, 6) is 1.07. The Kier molecular flexibility index (Phi) is 5.12. The smallest absolute Gasteiger partial charge is 0.135 e. The van der Waals surface area contributed by atoms with Crippen molar-refractivity contribution in [1.82, 2.24) is 0 Å². The van der Waals surface area contributed by atoms with Crippen LogP contribution in [0, 0.1) is 11.7 Å². The Labute approximate surface area is 115 Å². The third kappa shape index (κ3) is 3.89. The zero-order valence-corrected chi connectivity index (χ0v) is 11.7. The second-order valence-corrected chi connectivity index (χ2v) is 5.67. The van der Waals surface area contributed by atoms with Gasteiger partial charge in [0.25, 0.3) is 0 Å². The number of unbranched alkanes of at least 4 members (excludes halogenated alkanes) is 1. The van der Waals surface area contributed by atoms with Crippen LogP contribution in [0.4, 0.5) is 4.39 Å². The molecule has 0 amide bonds. The number of carbonyl (C=O) groups excluding carboxylic acids is 1. The average Bonchev–Trinajstić information content (AvgIpc) is 2.46. The first-order valence-electron chi connectivity index (χ1n) is 7.49. The summed E-state index contributed by atoms with van der Waals surface area (Å²) in [7, 11) is 0. The van der Waals surface area contributed by atoms with Gasteiger partial charge in [-0.1, -0.05) is 25.5 Å². The monoisotopic (exact) mass is 262 g/mol. The molecule has 1 aliphatic rings. The molecule has 0 aliphatic heterocycles. The van der Waals surface area contributed by atoms with E-state index in [1.165, 1.54) is 17.7 Å². The van der Waals surface area contributed by atoms with Crippen LogP contribution in [0.1, 0.15) is 63.4 Å². The normalized spacial score (nSPS) is 23.3. The molecule has 0 N–H and O–H groups in total. The first-order chi connectivity index (χ1) is 9.20. The zero-order valence-electron chi connectivity index (χ0n) is 11.7. The van der Waals surface area contributed by atoms with Crippen LogP contribution in [0.15, 0.2) is 24.3 Å². The fourth-order valence-corrected chi connectivity index (χ4v) is 3.04. The van der Waals surface area contributed by atoms with E-state index < -0.39 is 0 Å². The summed E-state index contributed by atoms with van der Waals surface area (Å²) in [6.07, 6.45) is 7.01. The standard InChI is InChI=1S/C17H23FO/c1-2-3-4-17(19)15-7-5-13(6-8-15)14-9-11-16(18)12-10-14/h9-13,15H,2-8H2,1H3/t13-,15-. The Morgan fingerprint density at radius 2 is 1.79 bits per heavy atom. The first-order valence-corrected chi connectivity index (χ1v) is 7.49. The number of halogens is 1. The summed E-state index contributed by atoms with van der Waals surface area (Å²) >= 11 is 0. The van der Waals surface area contributed by atoms with Crippen LogP contribution in [0.25, 0.3) is 0 Å². The molecule has 1 saturated carbocycles. The Morgan fingerprint density at radius 1 is 1.16 bits per heavy atom. The molecule has 1 nitrogen and oxygen atoms in total. The summed E-state index contributed by atoms with van der Waals surface area (Å²) in [5, 5.41) is 0. The molecule has 104 valence electrons. The highest BCUT2D eigenvalue weighted by molar-refractivity contribution is 5.81. The molecule has 0 radical (unpaired) electrons. The summed E-state index contributed by atoms with van der Waals surface area (Å²) in [6.45, 7) is 2.12. The van der Waals surface area contributed by atoms with E-state index in [1.54, 1.807) is 0 Å². The number of benzene rings is 1. The molecule has 0 spiro atoms. The summed E-state index contributed by atoms with van der Waals surface area (Å²) < 4.78 is 12.9. The molecule has 2 heteroatoms. The van der Waals surface area contributed by atoms with E-state index in [0.717, 1.165) is 44.9 Å². The maximum absolute atomic E-state index is 12.9.